The highest BCUT2D eigenvalue weighted by atomic mass is 15.1. The number of benzene rings is 9. The lowest BCUT2D eigenvalue weighted by molar-refractivity contribution is 0.768. The van der Waals surface area contributed by atoms with Crippen LogP contribution in [0.15, 0.2) is 206 Å². The van der Waals surface area contributed by atoms with Crippen LogP contribution in [0.5, 0.6) is 0 Å². The first kappa shape index (κ1) is 32.0. The van der Waals surface area contributed by atoms with Gasteiger partial charge in [-0.1, -0.05) is 177 Å². The molecule has 0 bridgehead atoms. The molecule has 0 spiro atoms. The third kappa shape index (κ3) is 5.00. The lowest BCUT2D eigenvalue weighted by Gasteiger charge is -2.34. The van der Waals surface area contributed by atoms with E-state index in [-0.39, 0.29) is 0 Å². The molecule has 0 fully saturated rings. The molecule has 0 aromatic heterocycles. The van der Waals surface area contributed by atoms with Crippen LogP contribution in [0.3, 0.4) is 0 Å². The molecule has 0 N–H and O–H groups in total. The molecule has 0 unspecified atom stereocenters. The Labute approximate surface area is 317 Å². The van der Waals surface area contributed by atoms with E-state index >= 15 is 0 Å². The molecule has 0 saturated heterocycles. The van der Waals surface area contributed by atoms with Gasteiger partial charge in [-0.25, -0.2) is 0 Å². The Morgan fingerprint density at radius 2 is 0.889 bits per heavy atom. The first-order chi connectivity index (χ1) is 26.7. The van der Waals surface area contributed by atoms with Crippen LogP contribution in [0.25, 0.3) is 43.8 Å². The molecular weight excluding hydrogens is 651 g/mol. The van der Waals surface area contributed by atoms with Gasteiger partial charge in [0.25, 0.3) is 0 Å². The molecule has 1 aliphatic rings. The minimum atomic E-state index is -0.437. The number of nitrogens with zero attached hydrogens (tertiary/aromatic N) is 1. The molecule has 1 aliphatic carbocycles. The molecule has 0 heterocycles. The van der Waals surface area contributed by atoms with Crippen LogP contribution < -0.4 is 4.90 Å². The smallest absolute Gasteiger partial charge is 0.0713 e. The number of aryl methyl sites for hydroxylation is 1. The average Bonchev–Trinajstić information content (AvgIpc) is 3.56. The largest absolute Gasteiger partial charge is 0.310 e. The highest BCUT2D eigenvalue weighted by Gasteiger charge is 2.45. The summed E-state index contributed by atoms with van der Waals surface area (Å²) in [5, 5.41) is 5.17. The van der Waals surface area contributed by atoms with Crippen molar-refractivity contribution in [2.24, 2.45) is 0 Å². The highest BCUT2D eigenvalue weighted by molar-refractivity contribution is 6.10. The summed E-state index contributed by atoms with van der Waals surface area (Å²) in [6.07, 6.45) is 1.00. The monoisotopic (exact) mass is 689 g/mol. The standard InChI is InChI=1S/C53H39N/c1-2-37-35-40-27-32-45(36-50(40)47-20-10-9-19-46(37)47)54(43-30-25-39(26-31-43)38-15-5-3-6-16-38)44-33-28-42(29-34-44)53(41-17-7-4-8-18-41)51-23-13-11-21-48(51)49-22-12-14-24-52(49)53/h3-36H,2H2,1H3. The number of fused-ring (bicyclic) bond motifs is 6. The molecule has 9 aromatic carbocycles. The average molecular weight is 690 g/mol. The van der Waals surface area contributed by atoms with Gasteiger partial charge in [-0.3, -0.25) is 0 Å². The zero-order valence-electron chi connectivity index (χ0n) is 30.3. The number of anilines is 3. The van der Waals surface area contributed by atoms with Crippen molar-refractivity contribution in [2.45, 2.75) is 18.8 Å². The van der Waals surface area contributed by atoms with Gasteiger partial charge in [0.05, 0.1) is 5.41 Å². The van der Waals surface area contributed by atoms with Crippen molar-refractivity contribution in [3.05, 3.63) is 234 Å². The molecule has 1 heteroatoms. The zero-order chi connectivity index (χ0) is 36.1. The topological polar surface area (TPSA) is 3.24 Å². The summed E-state index contributed by atoms with van der Waals surface area (Å²) in [7, 11) is 0. The molecule has 0 saturated carbocycles. The fourth-order valence-corrected chi connectivity index (χ4v) is 9.05. The second-order valence-corrected chi connectivity index (χ2v) is 14.3. The van der Waals surface area contributed by atoms with E-state index in [2.05, 4.69) is 218 Å². The number of rotatable bonds is 7. The summed E-state index contributed by atoms with van der Waals surface area (Å²) < 4.78 is 0. The molecule has 9 aromatic rings. The summed E-state index contributed by atoms with van der Waals surface area (Å²) in [5.74, 6) is 0. The van der Waals surface area contributed by atoms with Gasteiger partial charge < -0.3 is 4.90 Å². The first-order valence-electron chi connectivity index (χ1n) is 19.0. The third-order valence-electron chi connectivity index (χ3n) is 11.5. The van der Waals surface area contributed by atoms with Gasteiger partial charge >= 0.3 is 0 Å². The Morgan fingerprint density at radius 1 is 0.389 bits per heavy atom. The molecule has 0 aliphatic heterocycles. The second-order valence-electron chi connectivity index (χ2n) is 14.3. The summed E-state index contributed by atoms with van der Waals surface area (Å²) in [6.45, 7) is 2.25. The minimum absolute atomic E-state index is 0.437. The van der Waals surface area contributed by atoms with Gasteiger partial charge in [-0.05, 0) is 114 Å². The Hall–Kier alpha value is -6.70. The van der Waals surface area contributed by atoms with Crippen molar-refractivity contribution in [1.82, 2.24) is 0 Å². The van der Waals surface area contributed by atoms with Crippen LogP contribution in [-0.4, -0.2) is 0 Å². The van der Waals surface area contributed by atoms with Crippen molar-refractivity contribution >= 4 is 38.6 Å². The van der Waals surface area contributed by atoms with Gasteiger partial charge in [0.15, 0.2) is 0 Å². The quantitative estimate of drug-likeness (QED) is 0.151. The predicted octanol–water partition coefficient (Wildman–Crippen LogP) is 14.1. The van der Waals surface area contributed by atoms with Gasteiger partial charge in [-0.2, -0.15) is 0 Å². The molecule has 54 heavy (non-hydrogen) atoms. The van der Waals surface area contributed by atoms with Crippen LogP contribution in [0, 0.1) is 0 Å². The van der Waals surface area contributed by atoms with E-state index in [0.29, 0.717) is 0 Å². The highest BCUT2D eigenvalue weighted by Crippen LogP contribution is 2.56. The van der Waals surface area contributed by atoms with Crippen molar-refractivity contribution in [3.63, 3.8) is 0 Å². The van der Waals surface area contributed by atoms with Crippen LogP contribution in [0.2, 0.25) is 0 Å². The molecule has 0 atom stereocenters. The Morgan fingerprint density at radius 3 is 1.54 bits per heavy atom. The van der Waals surface area contributed by atoms with Crippen LogP contribution in [-0.2, 0) is 11.8 Å². The fraction of sp³-hybridized carbons (Fsp3) is 0.0566. The Bertz CT molecular complexity index is 2740. The predicted molar refractivity (Wildman–Crippen MR) is 228 cm³/mol. The lowest BCUT2D eigenvalue weighted by atomic mass is 9.68. The van der Waals surface area contributed by atoms with Crippen LogP contribution in [0.4, 0.5) is 17.1 Å². The first-order valence-corrected chi connectivity index (χ1v) is 19.0. The fourth-order valence-electron chi connectivity index (χ4n) is 9.05. The van der Waals surface area contributed by atoms with Gasteiger partial charge in [0.2, 0.25) is 0 Å². The third-order valence-corrected chi connectivity index (χ3v) is 11.5. The second kappa shape index (κ2) is 13.1. The van der Waals surface area contributed by atoms with Crippen molar-refractivity contribution in [1.29, 1.82) is 0 Å². The molecule has 0 radical (unpaired) electrons. The van der Waals surface area contributed by atoms with Gasteiger partial charge in [-0.15, -0.1) is 0 Å². The lowest BCUT2D eigenvalue weighted by Crippen LogP contribution is -2.28. The summed E-state index contributed by atoms with van der Waals surface area (Å²) in [4.78, 5) is 2.41. The van der Waals surface area contributed by atoms with E-state index in [1.807, 2.05) is 0 Å². The summed E-state index contributed by atoms with van der Waals surface area (Å²) in [6, 6.07) is 76.1. The summed E-state index contributed by atoms with van der Waals surface area (Å²) in [5.41, 5.74) is 14.5. The van der Waals surface area contributed by atoms with E-state index in [1.54, 1.807) is 0 Å². The van der Waals surface area contributed by atoms with E-state index in [4.69, 9.17) is 0 Å². The zero-order valence-corrected chi connectivity index (χ0v) is 30.3. The van der Waals surface area contributed by atoms with Crippen LogP contribution in [0.1, 0.15) is 34.7 Å². The van der Waals surface area contributed by atoms with Gasteiger partial charge in [0, 0.05) is 17.1 Å². The Kier molecular flexibility index (Phi) is 7.74. The van der Waals surface area contributed by atoms with Gasteiger partial charge in [0.1, 0.15) is 0 Å². The maximum atomic E-state index is 2.41. The van der Waals surface area contributed by atoms with E-state index in [1.165, 1.54) is 71.6 Å². The minimum Gasteiger partial charge on any atom is -0.310 e. The Balaban J connectivity index is 1.16. The van der Waals surface area contributed by atoms with Crippen molar-refractivity contribution in [2.75, 3.05) is 4.90 Å². The molecule has 10 rings (SSSR count). The van der Waals surface area contributed by atoms with Crippen molar-refractivity contribution < 1.29 is 0 Å². The maximum Gasteiger partial charge on any atom is 0.0713 e. The maximum absolute atomic E-state index is 2.41. The normalized spacial score (nSPS) is 12.8. The van der Waals surface area contributed by atoms with Crippen LogP contribution >= 0.6 is 0 Å². The van der Waals surface area contributed by atoms with E-state index < -0.39 is 5.41 Å². The molecule has 0 amide bonds. The molecular formula is C53H39N. The molecule has 1 nitrogen and oxygen atoms in total. The molecule has 256 valence electrons. The SMILES string of the molecule is CCc1cc2ccc(N(c3ccc(-c4ccccc4)cc3)c3ccc(C4(c5ccccc5)c5ccccc5-c5ccccc54)cc3)cc2c2ccccc12. The van der Waals surface area contributed by atoms with E-state index in [0.717, 1.165) is 23.5 Å². The van der Waals surface area contributed by atoms with E-state index in [9.17, 15) is 0 Å². The number of hydrogen-bond donors (Lipinski definition) is 0. The number of hydrogen-bond acceptors (Lipinski definition) is 1. The summed E-state index contributed by atoms with van der Waals surface area (Å²) >= 11 is 0. The van der Waals surface area contributed by atoms with Crippen molar-refractivity contribution in [3.8, 4) is 22.3 Å².